The Morgan fingerprint density at radius 2 is 1.87 bits per heavy atom. The van der Waals surface area contributed by atoms with Gasteiger partial charge in [-0.2, -0.15) is 0 Å². The molecule has 2 aliphatic heterocycles. The maximum absolute atomic E-state index is 12.1. The third-order valence-electron chi connectivity index (χ3n) is 5.90. The molecule has 0 spiro atoms. The molecule has 0 amide bonds. The van der Waals surface area contributed by atoms with Crippen molar-refractivity contribution in [3.8, 4) is 0 Å². The van der Waals surface area contributed by atoms with Crippen LogP contribution >= 0.6 is 11.8 Å². The maximum atomic E-state index is 12.1. The summed E-state index contributed by atoms with van der Waals surface area (Å²) in [6, 6.07) is 9.20. The number of rotatable bonds is 7. The van der Waals surface area contributed by atoms with E-state index in [-0.39, 0.29) is 5.57 Å². The molecule has 2 N–H and O–H groups in total. The fraction of sp³-hybridized carbons (Fsp3) is 0.409. The number of aliphatic carboxylic acids is 2. The molecule has 31 heavy (non-hydrogen) atoms. The highest BCUT2D eigenvalue weighted by Gasteiger charge is 2.47. The van der Waals surface area contributed by atoms with Crippen molar-refractivity contribution in [2.45, 2.75) is 22.9 Å². The summed E-state index contributed by atoms with van der Waals surface area (Å²) < 4.78 is 0.916. The van der Waals surface area contributed by atoms with Crippen molar-refractivity contribution in [1.82, 2.24) is 19.4 Å². The molecule has 0 saturated carbocycles. The average Bonchev–Trinajstić information content (AvgIpc) is 3.28. The van der Waals surface area contributed by atoms with Gasteiger partial charge in [-0.05, 0) is 12.6 Å². The van der Waals surface area contributed by atoms with Crippen molar-refractivity contribution >= 4 is 23.7 Å². The van der Waals surface area contributed by atoms with Gasteiger partial charge in [0, 0.05) is 58.0 Å². The van der Waals surface area contributed by atoms with Gasteiger partial charge in [0.15, 0.2) is 5.16 Å². The Kier molecular flexibility index (Phi) is 6.17. The van der Waals surface area contributed by atoms with Gasteiger partial charge in [0.05, 0.1) is 16.0 Å². The number of aromatic nitrogens is 2. The smallest absolute Gasteiger partial charge is 0.333 e. The van der Waals surface area contributed by atoms with Gasteiger partial charge in [0.1, 0.15) is 0 Å². The van der Waals surface area contributed by atoms with Gasteiger partial charge >= 0.3 is 11.9 Å². The molecule has 1 fully saturated rings. The summed E-state index contributed by atoms with van der Waals surface area (Å²) in [5.74, 6) is -2.51. The molecule has 2 aliphatic rings. The van der Waals surface area contributed by atoms with E-state index in [2.05, 4.69) is 16.8 Å². The molecule has 3 heterocycles. The minimum atomic E-state index is -1.27. The highest BCUT2D eigenvalue weighted by molar-refractivity contribution is 8.00. The number of piperazine rings is 1. The van der Waals surface area contributed by atoms with Gasteiger partial charge in [-0.1, -0.05) is 42.1 Å². The van der Waals surface area contributed by atoms with E-state index in [4.69, 9.17) is 4.98 Å². The Morgan fingerprint density at radius 3 is 2.48 bits per heavy atom. The van der Waals surface area contributed by atoms with E-state index < -0.39 is 16.7 Å². The molecule has 1 atom stereocenters. The number of benzene rings is 1. The van der Waals surface area contributed by atoms with E-state index in [1.54, 1.807) is 0 Å². The first-order chi connectivity index (χ1) is 14.9. The number of hydrogen-bond donors (Lipinski definition) is 2. The second-order valence-electron chi connectivity index (χ2n) is 8.03. The molecule has 9 heteroatoms. The summed E-state index contributed by atoms with van der Waals surface area (Å²) in [5, 5.41) is 19.9. The van der Waals surface area contributed by atoms with Crippen molar-refractivity contribution < 1.29 is 19.8 Å². The summed E-state index contributed by atoms with van der Waals surface area (Å²) in [4.78, 5) is 33.0. The number of carbonyl (C=O) groups is 2. The monoisotopic (exact) mass is 442 g/mol. The second-order valence-corrected chi connectivity index (χ2v) is 9.30. The maximum Gasteiger partial charge on any atom is 0.333 e. The van der Waals surface area contributed by atoms with Crippen LogP contribution in [0.1, 0.15) is 11.3 Å². The van der Waals surface area contributed by atoms with Crippen LogP contribution in [0.15, 0.2) is 53.3 Å². The average molecular weight is 443 g/mol. The van der Waals surface area contributed by atoms with Gasteiger partial charge in [0.2, 0.25) is 0 Å². The summed E-state index contributed by atoms with van der Waals surface area (Å²) in [5.41, 5.74) is 1.57. The van der Waals surface area contributed by atoms with Crippen molar-refractivity contribution in [3.63, 3.8) is 0 Å². The van der Waals surface area contributed by atoms with Gasteiger partial charge in [-0.15, -0.1) is 0 Å². The predicted octanol–water partition coefficient (Wildman–Crippen LogP) is 1.77. The van der Waals surface area contributed by atoms with E-state index in [1.165, 1.54) is 11.8 Å². The largest absolute Gasteiger partial charge is 0.478 e. The van der Waals surface area contributed by atoms with E-state index in [1.807, 2.05) is 41.1 Å². The molecule has 4 rings (SSSR count). The number of nitrogens with zero attached hydrogens (tertiary/aromatic N) is 4. The quantitative estimate of drug-likeness (QED) is 0.626. The zero-order chi connectivity index (χ0) is 22.0. The minimum absolute atomic E-state index is 0.152. The normalized spacial score (nSPS) is 22.4. The summed E-state index contributed by atoms with van der Waals surface area (Å²) in [6.07, 6.45) is 3.62. The SMILES string of the molecule is CN1CCN(CCc2cn3c(n2)SC(C(=CC(=O)O)C(=O)O)(c2ccccc2)C3)CC1. The van der Waals surface area contributed by atoms with E-state index >= 15 is 0 Å². The molecule has 2 aromatic rings. The summed E-state index contributed by atoms with van der Waals surface area (Å²) in [6.45, 7) is 5.52. The molecule has 0 radical (unpaired) electrons. The second kappa shape index (κ2) is 8.86. The van der Waals surface area contributed by atoms with Crippen LogP contribution in [0.2, 0.25) is 0 Å². The molecular formula is C22H26N4O4S. The Labute approximate surface area is 185 Å². The fourth-order valence-corrected chi connectivity index (χ4v) is 5.59. The van der Waals surface area contributed by atoms with Crippen molar-refractivity contribution in [1.29, 1.82) is 0 Å². The minimum Gasteiger partial charge on any atom is -0.478 e. The molecule has 1 saturated heterocycles. The van der Waals surface area contributed by atoms with Crippen LogP contribution in [0, 0.1) is 0 Å². The Bertz CT molecular complexity index is 973. The highest BCUT2D eigenvalue weighted by atomic mass is 32.2. The van der Waals surface area contributed by atoms with E-state index in [9.17, 15) is 19.8 Å². The number of imidazole rings is 1. The lowest BCUT2D eigenvalue weighted by molar-refractivity contribution is -0.135. The lowest BCUT2D eigenvalue weighted by atomic mass is 9.89. The van der Waals surface area contributed by atoms with Crippen LogP contribution in [0.4, 0.5) is 0 Å². The van der Waals surface area contributed by atoms with Crippen LogP contribution in [0.25, 0.3) is 0 Å². The van der Waals surface area contributed by atoms with Crippen molar-refractivity contribution in [2.75, 3.05) is 39.8 Å². The topological polar surface area (TPSA) is 98.9 Å². The molecule has 1 unspecified atom stereocenters. The molecule has 0 aliphatic carbocycles. The first kappa shape index (κ1) is 21.6. The molecule has 1 aromatic heterocycles. The summed E-state index contributed by atoms with van der Waals surface area (Å²) in [7, 11) is 2.14. The van der Waals surface area contributed by atoms with Crippen LogP contribution in [-0.4, -0.2) is 81.3 Å². The number of thioether (sulfide) groups is 1. The predicted molar refractivity (Wildman–Crippen MR) is 117 cm³/mol. The van der Waals surface area contributed by atoms with E-state index in [0.29, 0.717) is 6.54 Å². The third kappa shape index (κ3) is 4.53. The molecule has 1 aromatic carbocycles. The number of hydrogen-bond acceptors (Lipinski definition) is 6. The first-order valence-corrected chi connectivity index (χ1v) is 11.1. The standard InChI is InChI=1S/C22H26N4O4S/c1-24-9-11-25(12-10-24)8-7-17-14-26-15-22(31-21(26)23-17,16-5-3-2-4-6-16)18(20(29)30)13-19(27)28/h2-6,13-14H,7-12,15H2,1H3,(H,27,28)(H,29,30). The van der Waals surface area contributed by atoms with Crippen LogP contribution in [0.5, 0.6) is 0 Å². The third-order valence-corrected chi connectivity index (χ3v) is 7.34. The Balaban J connectivity index is 1.57. The Hall–Kier alpha value is -2.62. The lowest BCUT2D eigenvalue weighted by Gasteiger charge is -2.32. The van der Waals surface area contributed by atoms with Crippen LogP contribution < -0.4 is 0 Å². The number of carboxylic acid groups (broad SMARTS) is 2. The first-order valence-electron chi connectivity index (χ1n) is 10.3. The number of carboxylic acids is 2. The highest BCUT2D eigenvalue weighted by Crippen LogP contribution is 2.52. The number of fused-ring (bicyclic) bond motifs is 1. The zero-order valence-corrected chi connectivity index (χ0v) is 18.2. The Morgan fingerprint density at radius 1 is 1.16 bits per heavy atom. The summed E-state index contributed by atoms with van der Waals surface area (Å²) >= 11 is 1.32. The molecule has 164 valence electrons. The van der Waals surface area contributed by atoms with Gasteiger partial charge < -0.3 is 24.6 Å². The van der Waals surface area contributed by atoms with Crippen LogP contribution in [-0.2, 0) is 27.3 Å². The van der Waals surface area contributed by atoms with Crippen molar-refractivity contribution in [2.24, 2.45) is 0 Å². The van der Waals surface area contributed by atoms with Gasteiger partial charge in [-0.3, -0.25) is 0 Å². The van der Waals surface area contributed by atoms with Gasteiger partial charge in [-0.25, -0.2) is 14.6 Å². The molecule has 8 nitrogen and oxygen atoms in total. The van der Waals surface area contributed by atoms with E-state index in [0.717, 1.165) is 61.6 Å². The zero-order valence-electron chi connectivity index (χ0n) is 17.4. The molecular weight excluding hydrogens is 416 g/mol. The number of likely N-dealkylation sites (N-methyl/N-ethyl adjacent to an activating group) is 1. The fourth-order valence-electron chi connectivity index (χ4n) is 4.17. The van der Waals surface area contributed by atoms with Crippen LogP contribution in [0.3, 0.4) is 0 Å². The van der Waals surface area contributed by atoms with Crippen molar-refractivity contribution in [3.05, 3.63) is 59.4 Å². The molecule has 0 bridgehead atoms. The lowest BCUT2D eigenvalue weighted by Crippen LogP contribution is -2.45. The van der Waals surface area contributed by atoms with Gasteiger partial charge in [0.25, 0.3) is 0 Å².